The van der Waals surface area contributed by atoms with Gasteiger partial charge in [-0.2, -0.15) is 0 Å². The molecule has 0 spiro atoms. The Hall–Kier alpha value is -3.47. The molecule has 2 aromatic heterocycles. The standard InChI is InChI=1S/C33H44N6O3S/c1-22-20-25(23(2)38(22)15-9-14-37-16-18-42-19-17-37)30-29(27-10-7-8-13-34-27)36-32(43)39(30)24-11-12-26(28(21-24)41-6)35-31(40)33(3,4)5/h7-8,10-13,20-21,29-30H,9,14-19H2,1-6H3,(H,35,40)(H,36,43)/t29-,30-/m1/s1. The summed E-state index contributed by atoms with van der Waals surface area (Å²) >= 11 is 5.99. The fourth-order valence-electron chi connectivity index (χ4n) is 5.94. The summed E-state index contributed by atoms with van der Waals surface area (Å²) in [6, 6.07) is 13.8. The monoisotopic (exact) mass is 604 g/mol. The number of carbonyl (C=O) groups is 1. The maximum atomic E-state index is 12.7. The van der Waals surface area contributed by atoms with Gasteiger partial charge in [0.2, 0.25) is 5.91 Å². The minimum Gasteiger partial charge on any atom is -0.494 e. The minimum atomic E-state index is -0.532. The second kappa shape index (κ2) is 13.0. The summed E-state index contributed by atoms with van der Waals surface area (Å²) in [6.07, 6.45) is 2.90. The number of ether oxygens (including phenoxy) is 2. The molecule has 0 unspecified atom stereocenters. The molecular formula is C33H44N6O3S. The summed E-state index contributed by atoms with van der Waals surface area (Å²) < 4.78 is 13.7. The Bertz CT molecular complexity index is 1440. The number of nitrogens with zero attached hydrogens (tertiary/aromatic N) is 4. The van der Waals surface area contributed by atoms with Gasteiger partial charge in [0.1, 0.15) is 5.75 Å². The number of nitrogens with one attached hydrogen (secondary N) is 2. The normalized spacial score (nSPS) is 19.4. The predicted octanol–water partition coefficient (Wildman–Crippen LogP) is 5.39. The van der Waals surface area contributed by atoms with Crippen molar-refractivity contribution in [1.82, 2.24) is 19.8 Å². The van der Waals surface area contributed by atoms with Crippen LogP contribution in [0.4, 0.5) is 11.4 Å². The number of pyridine rings is 1. The van der Waals surface area contributed by atoms with E-state index < -0.39 is 5.41 Å². The number of aromatic nitrogens is 2. The lowest BCUT2D eigenvalue weighted by Gasteiger charge is -2.29. The van der Waals surface area contributed by atoms with Gasteiger partial charge in [0.15, 0.2) is 5.11 Å². The lowest BCUT2D eigenvalue weighted by Crippen LogP contribution is -2.37. The quantitative estimate of drug-likeness (QED) is 0.315. The van der Waals surface area contributed by atoms with Crippen LogP contribution in [0.2, 0.25) is 0 Å². The summed E-state index contributed by atoms with van der Waals surface area (Å²) in [6.45, 7) is 15.7. The fourth-order valence-corrected chi connectivity index (χ4v) is 6.29. The van der Waals surface area contributed by atoms with Gasteiger partial charge in [0.25, 0.3) is 0 Å². The Morgan fingerprint density at radius 2 is 1.91 bits per heavy atom. The molecule has 9 nitrogen and oxygen atoms in total. The van der Waals surface area contributed by atoms with E-state index >= 15 is 0 Å². The van der Waals surface area contributed by atoms with Gasteiger partial charge in [-0.1, -0.05) is 26.8 Å². The van der Waals surface area contributed by atoms with Gasteiger partial charge in [0, 0.05) is 60.9 Å². The highest BCUT2D eigenvalue weighted by atomic mass is 32.1. The van der Waals surface area contributed by atoms with Crippen LogP contribution in [0.15, 0.2) is 48.7 Å². The van der Waals surface area contributed by atoms with E-state index in [0.29, 0.717) is 16.5 Å². The van der Waals surface area contributed by atoms with Gasteiger partial charge in [-0.3, -0.25) is 14.7 Å². The molecule has 2 N–H and O–H groups in total. The third-order valence-electron chi connectivity index (χ3n) is 8.38. The molecule has 2 atom stereocenters. The average Bonchev–Trinajstić information content (AvgIpc) is 3.48. The van der Waals surface area contributed by atoms with Crippen molar-refractivity contribution in [3.05, 3.63) is 71.3 Å². The van der Waals surface area contributed by atoms with Crippen molar-refractivity contribution >= 4 is 34.6 Å². The van der Waals surface area contributed by atoms with Crippen molar-refractivity contribution in [3.8, 4) is 5.75 Å². The van der Waals surface area contributed by atoms with Gasteiger partial charge in [-0.05, 0) is 68.4 Å². The van der Waals surface area contributed by atoms with E-state index in [-0.39, 0.29) is 18.0 Å². The third-order valence-corrected chi connectivity index (χ3v) is 8.70. The Morgan fingerprint density at radius 1 is 1.14 bits per heavy atom. The second-order valence-corrected chi connectivity index (χ2v) is 12.8. The zero-order valence-electron chi connectivity index (χ0n) is 26.1. The van der Waals surface area contributed by atoms with E-state index in [9.17, 15) is 4.79 Å². The number of methoxy groups -OCH3 is 1. The van der Waals surface area contributed by atoms with E-state index in [4.69, 9.17) is 26.7 Å². The summed E-state index contributed by atoms with van der Waals surface area (Å²) in [5, 5.41) is 7.20. The number of amides is 1. The van der Waals surface area contributed by atoms with Crippen LogP contribution in [0.25, 0.3) is 0 Å². The van der Waals surface area contributed by atoms with Crippen molar-refractivity contribution in [2.24, 2.45) is 5.41 Å². The highest BCUT2D eigenvalue weighted by Gasteiger charge is 2.42. The number of rotatable bonds is 9. The molecule has 5 rings (SSSR count). The molecule has 0 radical (unpaired) electrons. The molecule has 0 aliphatic carbocycles. The smallest absolute Gasteiger partial charge is 0.229 e. The SMILES string of the molecule is COc1cc(N2C(=S)N[C@H](c3ccccn3)[C@H]2c2cc(C)n(CCCN3CCOCC3)c2C)ccc1NC(=O)C(C)(C)C. The van der Waals surface area contributed by atoms with Crippen LogP contribution in [0, 0.1) is 19.3 Å². The third kappa shape index (κ3) is 6.71. The van der Waals surface area contributed by atoms with Crippen LogP contribution >= 0.6 is 12.2 Å². The first-order valence-corrected chi connectivity index (χ1v) is 15.5. The molecule has 3 aromatic rings. The molecule has 1 amide bonds. The first-order valence-electron chi connectivity index (χ1n) is 15.1. The maximum Gasteiger partial charge on any atom is 0.229 e. The lowest BCUT2D eigenvalue weighted by atomic mass is 9.95. The number of thiocarbonyl (C=S) groups is 1. The van der Waals surface area contributed by atoms with Crippen LogP contribution < -0.4 is 20.3 Å². The van der Waals surface area contributed by atoms with Gasteiger partial charge in [0.05, 0.1) is 43.8 Å². The number of benzene rings is 1. The van der Waals surface area contributed by atoms with E-state index in [1.807, 2.05) is 63.4 Å². The van der Waals surface area contributed by atoms with Gasteiger partial charge >= 0.3 is 0 Å². The number of anilines is 2. The molecule has 230 valence electrons. The number of morpholine rings is 1. The van der Waals surface area contributed by atoms with E-state index in [2.05, 4.69) is 44.9 Å². The van der Waals surface area contributed by atoms with Gasteiger partial charge < -0.3 is 29.6 Å². The van der Waals surface area contributed by atoms with Crippen molar-refractivity contribution < 1.29 is 14.3 Å². The molecule has 43 heavy (non-hydrogen) atoms. The fraction of sp³-hybridized carbons (Fsp3) is 0.485. The summed E-state index contributed by atoms with van der Waals surface area (Å²) in [7, 11) is 1.62. The van der Waals surface area contributed by atoms with Crippen LogP contribution in [0.3, 0.4) is 0 Å². The average molecular weight is 605 g/mol. The van der Waals surface area contributed by atoms with E-state index in [1.54, 1.807) is 7.11 Å². The zero-order chi connectivity index (χ0) is 30.7. The lowest BCUT2D eigenvalue weighted by molar-refractivity contribution is -0.123. The Balaban J connectivity index is 1.49. The first-order chi connectivity index (χ1) is 20.6. The molecular weight excluding hydrogens is 560 g/mol. The molecule has 0 bridgehead atoms. The Kier molecular flexibility index (Phi) is 9.39. The molecule has 2 aliphatic heterocycles. The van der Waals surface area contributed by atoms with Gasteiger partial charge in [-0.25, -0.2) is 0 Å². The van der Waals surface area contributed by atoms with Crippen molar-refractivity contribution in [3.63, 3.8) is 0 Å². The van der Waals surface area contributed by atoms with E-state index in [0.717, 1.165) is 57.2 Å². The minimum absolute atomic E-state index is 0.0777. The molecule has 1 aromatic carbocycles. The second-order valence-electron chi connectivity index (χ2n) is 12.4. The van der Waals surface area contributed by atoms with Crippen molar-refractivity contribution in [2.75, 3.05) is 50.2 Å². The number of hydrogen-bond donors (Lipinski definition) is 2. The van der Waals surface area contributed by atoms with Crippen LogP contribution in [0.5, 0.6) is 5.75 Å². The summed E-state index contributed by atoms with van der Waals surface area (Å²) in [4.78, 5) is 22.1. The predicted molar refractivity (Wildman–Crippen MR) is 175 cm³/mol. The highest BCUT2D eigenvalue weighted by Crippen LogP contribution is 2.45. The highest BCUT2D eigenvalue weighted by molar-refractivity contribution is 7.80. The maximum absolute atomic E-state index is 12.7. The Morgan fingerprint density at radius 3 is 2.58 bits per heavy atom. The van der Waals surface area contributed by atoms with E-state index in [1.165, 1.54) is 17.0 Å². The van der Waals surface area contributed by atoms with Crippen LogP contribution in [-0.2, 0) is 16.1 Å². The molecule has 2 aliphatic rings. The number of hydrogen-bond acceptors (Lipinski definition) is 6. The Labute approximate surface area is 260 Å². The van der Waals surface area contributed by atoms with Crippen molar-refractivity contribution in [1.29, 1.82) is 0 Å². The molecule has 0 saturated carbocycles. The molecule has 10 heteroatoms. The molecule has 2 fully saturated rings. The topological polar surface area (TPSA) is 83.9 Å². The number of carbonyl (C=O) groups excluding carboxylic acids is 1. The number of aryl methyl sites for hydroxylation is 1. The van der Waals surface area contributed by atoms with Crippen LogP contribution in [-0.4, -0.2) is 65.4 Å². The summed E-state index contributed by atoms with van der Waals surface area (Å²) in [5.41, 5.74) is 5.55. The largest absolute Gasteiger partial charge is 0.494 e. The molecule has 2 saturated heterocycles. The first kappa shape index (κ1) is 31.0. The van der Waals surface area contributed by atoms with Crippen LogP contribution in [0.1, 0.15) is 61.9 Å². The summed E-state index contributed by atoms with van der Waals surface area (Å²) in [5.74, 6) is 0.498. The zero-order valence-corrected chi connectivity index (χ0v) is 27.0. The van der Waals surface area contributed by atoms with Gasteiger partial charge in [-0.15, -0.1) is 0 Å². The molecule has 4 heterocycles. The van der Waals surface area contributed by atoms with Crippen molar-refractivity contribution in [2.45, 2.75) is 59.7 Å².